The van der Waals surface area contributed by atoms with Gasteiger partial charge in [0.25, 0.3) is 5.91 Å². The van der Waals surface area contributed by atoms with Crippen molar-refractivity contribution in [2.24, 2.45) is 7.05 Å². The van der Waals surface area contributed by atoms with Crippen molar-refractivity contribution >= 4 is 21.8 Å². The predicted octanol–water partition coefficient (Wildman–Crippen LogP) is 0.765. The number of aryl methyl sites for hydroxylation is 1. The molecule has 1 aliphatic heterocycles. The smallest absolute Gasteiger partial charge is 0.270 e. The van der Waals surface area contributed by atoms with Crippen molar-refractivity contribution in [2.75, 3.05) is 46.3 Å². The average Bonchev–Trinajstić information content (AvgIpc) is 2.75. The number of carbonyl (C=O) groups is 1. The number of carbonyl (C=O) groups excluding carboxylic acids is 1. The lowest BCUT2D eigenvalue weighted by Gasteiger charge is -2.29. The van der Waals surface area contributed by atoms with Crippen LogP contribution in [0.2, 0.25) is 0 Å². The van der Waals surface area contributed by atoms with Crippen LogP contribution in [0.4, 0.5) is 0 Å². The molecule has 2 rings (SSSR count). The monoisotopic (exact) mass is 328 g/mol. The van der Waals surface area contributed by atoms with E-state index >= 15 is 0 Å². The highest BCUT2D eigenvalue weighted by molar-refractivity contribution is 9.10. The van der Waals surface area contributed by atoms with Gasteiger partial charge in [-0.25, -0.2) is 0 Å². The Kier molecular flexibility index (Phi) is 5.01. The Balaban J connectivity index is 1.86. The molecule has 1 aromatic heterocycles. The number of aromatic nitrogens is 1. The van der Waals surface area contributed by atoms with Gasteiger partial charge in [-0.1, -0.05) is 0 Å². The van der Waals surface area contributed by atoms with Gasteiger partial charge >= 0.3 is 0 Å². The fourth-order valence-electron chi connectivity index (χ4n) is 2.26. The molecule has 0 spiro atoms. The first kappa shape index (κ1) is 14.6. The number of halogens is 1. The van der Waals surface area contributed by atoms with Crippen molar-refractivity contribution in [3.05, 3.63) is 22.4 Å². The Bertz CT molecular complexity index is 440. The van der Waals surface area contributed by atoms with Crippen LogP contribution < -0.4 is 5.32 Å². The quantitative estimate of drug-likeness (QED) is 0.887. The van der Waals surface area contributed by atoms with Gasteiger partial charge in [0.1, 0.15) is 5.69 Å². The molecule has 1 saturated heterocycles. The maximum atomic E-state index is 12.3. The van der Waals surface area contributed by atoms with E-state index in [1.54, 1.807) is 4.90 Å². The molecule has 6 heteroatoms. The highest BCUT2D eigenvalue weighted by atomic mass is 79.9. The minimum absolute atomic E-state index is 0.0725. The summed E-state index contributed by atoms with van der Waals surface area (Å²) in [7, 11) is 3.76. The highest BCUT2D eigenvalue weighted by Gasteiger charge is 2.17. The number of rotatable bonds is 4. The second-order valence-electron chi connectivity index (χ2n) is 4.97. The number of likely N-dealkylation sites (N-methyl/N-ethyl adjacent to an activating group) is 1. The summed E-state index contributed by atoms with van der Waals surface area (Å²) in [6.07, 6.45) is 1.90. The fraction of sp³-hybridized carbons (Fsp3) is 0.615. The number of nitrogens with one attached hydrogen (secondary N) is 1. The molecule has 0 saturated carbocycles. The van der Waals surface area contributed by atoms with Crippen LogP contribution in [0.25, 0.3) is 0 Å². The van der Waals surface area contributed by atoms with Crippen molar-refractivity contribution in [1.29, 1.82) is 0 Å². The minimum atomic E-state index is 0.0725. The molecule has 0 aliphatic carbocycles. The molecule has 0 atom stereocenters. The van der Waals surface area contributed by atoms with Gasteiger partial charge in [0.2, 0.25) is 0 Å². The summed E-state index contributed by atoms with van der Waals surface area (Å²) in [6, 6.07) is 1.86. The molecule has 106 valence electrons. The molecule has 19 heavy (non-hydrogen) atoms. The van der Waals surface area contributed by atoms with E-state index in [1.807, 2.05) is 30.9 Å². The lowest BCUT2D eigenvalue weighted by molar-refractivity contribution is 0.0765. The molecule has 2 heterocycles. The van der Waals surface area contributed by atoms with Gasteiger partial charge in [0.05, 0.1) is 0 Å². The largest absolute Gasteiger partial charge is 0.345 e. The standard InChI is InChI=1S/C13H21BrN4O/c1-16(7-8-18-5-3-15-4-6-18)13(19)12-9-11(14)10-17(12)2/h9-10,15H,3-8H2,1-2H3. The van der Waals surface area contributed by atoms with Crippen LogP contribution in [-0.2, 0) is 7.05 Å². The normalized spacial score (nSPS) is 16.6. The SMILES string of the molecule is CN(CCN1CCNCC1)C(=O)c1cc(Br)cn1C. The first-order chi connectivity index (χ1) is 9.08. The molecule has 1 N–H and O–H groups in total. The van der Waals surface area contributed by atoms with Crippen LogP contribution in [0.15, 0.2) is 16.7 Å². The Labute approximate surface area is 122 Å². The zero-order valence-electron chi connectivity index (χ0n) is 11.5. The van der Waals surface area contributed by atoms with E-state index in [0.29, 0.717) is 0 Å². The van der Waals surface area contributed by atoms with E-state index in [1.165, 1.54) is 0 Å². The third-order valence-corrected chi connectivity index (χ3v) is 3.93. The van der Waals surface area contributed by atoms with Gasteiger partial charge in [0.15, 0.2) is 0 Å². The van der Waals surface area contributed by atoms with Gasteiger partial charge in [0, 0.05) is 64.0 Å². The van der Waals surface area contributed by atoms with E-state index in [9.17, 15) is 4.79 Å². The van der Waals surface area contributed by atoms with E-state index < -0.39 is 0 Å². The van der Waals surface area contributed by atoms with E-state index in [4.69, 9.17) is 0 Å². The van der Waals surface area contributed by atoms with Crippen molar-refractivity contribution in [3.63, 3.8) is 0 Å². The molecule has 1 aromatic rings. The second-order valence-corrected chi connectivity index (χ2v) is 5.89. The fourth-order valence-corrected chi connectivity index (χ4v) is 2.78. The van der Waals surface area contributed by atoms with E-state index in [0.717, 1.165) is 49.4 Å². The zero-order valence-corrected chi connectivity index (χ0v) is 13.1. The minimum Gasteiger partial charge on any atom is -0.345 e. The summed E-state index contributed by atoms with van der Waals surface area (Å²) in [6.45, 7) is 5.93. The zero-order chi connectivity index (χ0) is 13.8. The van der Waals surface area contributed by atoms with Crippen molar-refractivity contribution < 1.29 is 4.79 Å². The number of piperazine rings is 1. The van der Waals surface area contributed by atoms with Crippen LogP contribution >= 0.6 is 15.9 Å². The summed E-state index contributed by atoms with van der Waals surface area (Å²) in [5.74, 6) is 0.0725. The Morgan fingerprint density at radius 1 is 1.47 bits per heavy atom. The van der Waals surface area contributed by atoms with Crippen molar-refractivity contribution in [1.82, 2.24) is 19.7 Å². The third-order valence-electron chi connectivity index (χ3n) is 3.50. The van der Waals surface area contributed by atoms with Gasteiger partial charge in [-0.15, -0.1) is 0 Å². The molecule has 1 aliphatic rings. The molecular formula is C13H21BrN4O. The summed E-state index contributed by atoms with van der Waals surface area (Å²) in [4.78, 5) is 16.5. The molecule has 5 nitrogen and oxygen atoms in total. The van der Waals surface area contributed by atoms with Gasteiger partial charge in [-0.05, 0) is 22.0 Å². The number of hydrogen-bond acceptors (Lipinski definition) is 3. The van der Waals surface area contributed by atoms with Gasteiger partial charge < -0.3 is 14.8 Å². The molecule has 0 radical (unpaired) electrons. The Morgan fingerprint density at radius 2 is 2.16 bits per heavy atom. The lowest BCUT2D eigenvalue weighted by Crippen LogP contribution is -2.46. The van der Waals surface area contributed by atoms with Crippen LogP contribution in [0.1, 0.15) is 10.5 Å². The Hall–Kier alpha value is -0.850. The maximum absolute atomic E-state index is 12.3. The van der Waals surface area contributed by atoms with Crippen molar-refractivity contribution in [3.8, 4) is 0 Å². The molecule has 1 amide bonds. The maximum Gasteiger partial charge on any atom is 0.270 e. The Morgan fingerprint density at radius 3 is 2.74 bits per heavy atom. The molecule has 0 bridgehead atoms. The number of nitrogens with zero attached hydrogens (tertiary/aromatic N) is 3. The van der Waals surface area contributed by atoms with Crippen LogP contribution in [-0.4, -0.2) is 66.6 Å². The second kappa shape index (κ2) is 6.54. The van der Waals surface area contributed by atoms with E-state index in [2.05, 4.69) is 26.1 Å². The average molecular weight is 329 g/mol. The van der Waals surface area contributed by atoms with Crippen LogP contribution in [0, 0.1) is 0 Å². The first-order valence-electron chi connectivity index (χ1n) is 6.58. The first-order valence-corrected chi connectivity index (χ1v) is 7.37. The topological polar surface area (TPSA) is 40.5 Å². The van der Waals surface area contributed by atoms with Gasteiger partial charge in [-0.3, -0.25) is 9.69 Å². The lowest BCUT2D eigenvalue weighted by atomic mass is 10.3. The molecule has 0 unspecified atom stereocenters. The predicted molar refractivity (Wildman–Crippen MR) is 79.4 cm³/mol. The van der Waals surface area contributed by atoms with Gasteiger partial charge in [-0.2, -0.15) is 0 Å². The van der Waals surface area contributed by atoms with Crippen LogP contribution in [0.5, 0.6) is 0 Å². The highest BCUT2D eigenvalue weighted by Crippen LogP contribution is 2.15. The van der Waals surface area contributed by atoms with Crippen LogP contribution in [0.3, 0.4) is 0 Å². The summed E-state index contributed by atoms with van der Waals surface area (Å²) < 4.78 is 2.79. The molecule has 1 fully saturated rings. The third kappa shape index (κ3) is 3.81. The summed E-state index contributed by atoms with van der Waals surface area (Å²) in [5, 5.41) is 3.33. The number of amides is 1. The summed E-state index contributed by atoms with van der Waals surface area (Å²) in [5.41, 5.74) is 0.717. The van der Waals surface area contributed by atoms with Crippen molar-refractivity contribution in [2.45, 2.75) is 0 Å². The molecular weight excluding hydrogens is 308 g/mol. The summed E-state index contributed by atoms with van der Waals surface area (Å²) >= 11 is 3.40. The van der Waals surface area contributed by atoms with E-state index in [-0.39, 0.29) is 5.91 Å². The number of hydrogen-bond donors (Lipinski definition) is 1. The molecule has 0 aromatic carbocycles.